The minimum Gasteiger partial charge on any atom is -0.322 e. The van der Waals surface area contributed by atoms with Gasteiger partial charge in [0.1, 0.15) is 6.04 Å². The van der Waals surface area contributed by atoms with Crippen molar-refractivity contribution in [2.24, 2.45) is 5.10 Å². The van der Waals surface area contributed by atoms with E-state index in [1.807, 2.05) is 55.6 Å². The van der Waals surface area contributed by atoms with Crippen LogP contribution in [0.25, 0.3) is 10.2 Å². The van der Waals surface area contributed by atoms with Crippen LogP contribution in [-0.2, 0) is 4.79 Å². The molecule has 1 aliphatic rings. The van der Waals surface area contributed by atoms with Crippen LogP contribution in [0.4, 0.5) is 0 Å². The highest BCUT2D eigenvalue weighted by atomic mass is 32.1. The number of fused-ring (bicyclic) bond motifs is 1. The van der Waals surface area contributed by atoms with Gasteiger partial charge in [-0.2, -0.15) is 5.10 Å². The predicted octanol–water partition coefficient (Wildman–Crippen LogP) is 2.51. The van der Waals surface area contributed by atoms with Crippen molar-refractivity contribution >= 4 is 33.2 Å². The van der Waals surface area contributed by atoms with Gasteiger partial charge in [0.05, 0.1) is 29.5 Å². The number of thiazole rings is 1. The van der Waals surface area contributed by atoms with Crippen molar-refractivity contribution in [3.8, 4) is 0 Å². The Morgan fingerprint density at radius 2 is 1.93 bits per heavy atom. The molecule has 0 saturated carbocycles. The highest BCUT2D eigenvalue weighted by Crippen LogP contribution is 2.24. The quantitative estimate of drug-likeness (QED) is 0.741. The predicted molar refractivity (Wildman–Crippen MR) is 109 cm³/mol. The summed E-state index contributed by atoms with van der Waals surface area (Å²) in [7, 11) is 2.05. The summed E-state index contributed by atoms with van der Waals surface area (Å²) in [6.07, 6.45) is 0.808. The van der Waals surface area contributed by atoms with Gasteiger partial charge < -0.3 is 4.90 Å². The first-order valence-corrected chi connectivity index (χ1v) is 10.0. The molecule has 0 bridgehead atoms. The van der Waals surface area contributed by atoms with Gasteiger partial charge in [-0.05, 0) is 24.6 Å². The first kappa shape index (κ1) is 17.8. The van der Waals surface area contributed by atoms with Crippen molar-refractivity contribution in [2.45, 2.75) is 19.4 Å². The van der Waals surface area contributed by atoms with E-state index in [2.05, 4.69) is 18.1 Å². The SMILES string of the molecule is C[C@@H](c1nc2ccccc2s1)[NH+](C)CC(=O)N1CCC(c2ccccc2)=N1. The number of hydrogen-bond acceptors (Lipinski definition) is 4. The zero-order valence-electron chi connectivity index (χ0n) is 15.6. The van der Waals surface area contributed by atoms with Gasteiger partial charge in [-0.1, -0.05) is 42.5 Å². The lowest BCUT2D eigenvalue weighted by Crippen LogP contribution is -3.10. The maximum Gasteiger partial charge on any atom is 0.297 e. The number of para-hydroxylation sites is 1. The molecule has 2 heterocycles. The number of nitrogens with zero attached hydrogens (tertiary/aromatic N) is 3. The maximum atomic E-state index is 12.7. The van der Waals surface area contributed by atoms with E-state index in [4.69, 9.17) is 4.98 Å². The summed E-state index contributed by atoms with van der Waals surface area (Å²) in [5.41, 5.74) is 3.11. The van der Waals surface area contributed by atoms with Gasteiger partial charge in [0.2, 0.25) is 0 Å². The fourth-order valence-electron chi connectivity index (χ4n) is 3.24. The molecule has 6 heteroatoms. The highest BCUT2D eigenvalue weighted by molar-refractivity contribution is 7.18. The Hall–Kier alpha value is -2.57. The highest BCUT2D eigenvalue weighted by Gasteiger charge is 2.27. The van der Waals surface area contributed by atoms with E-state index < -0.39 is 0 Å². The zero-order valence-corrected chi connectivity index (χ0v) is 16.4. The summed E-state index contributed by atoms with van der Waals surface area (Å²) in [5, 5.41) is 7.24. The van der Waals surface area contributed by atoms with E-state index >= 15 is 0 Å². The number of amides is 1. The third kappa shape index (κ3) is 3.77. The Labute approximate surface area is 162 Å². The molecule has 0 saturated heterocycles. The van der Waals surface area contributed by atoms with E-state index in [1.54, 1.807) is 16.3 Å². The number of rotatable bonds is 5. The van der Waals surface area contributed by atoms with Gasteiger partial charge in [-0.25, -0.2) is 9.99 Å². The van der Waals surface area contributed by atoms with Crippen LogP contribution in [0, 0.1) is 0 Å². The number of carbonyl (C=O) groups is 1. The van der Waals surface area contributed by atoms with Crippen molar-refractivity contribution in [3.63, 3.8) is 0 Å². The van der Waals surface area contributed by atoms with Gasteiger partial charge in [-0.15, -0.1) is 11.3 Å². The smallest absolute Gasteiger partial charge is 0.297 e. The van der Waals surface area contributed by atoms with Crippen LogP contribution >= 0.6 is 11.3 Å². The van der Waals surface area contributed by atoms with E-state index in [0.29, 0.717) is 13.1 Å². The number of hydrazone groups is 1. The normalized spacial score (nSPS) is 16.4. The Balaban J connectivity index is 1.42. The molecular formula is C21H23N4OS+. The number of aromatic nitrogens is 1. The average Bonchev–Trinajstić information content (AvgIpc) is 3.35. The molecule has 0 fully saturated rings. The lowest BCUT2D eigenvalue weighted by molar-refractivity contribution is -0.902. The van der Waals surface area contributed by atoms with Crippen molar-refractivity contribution in [2.75, 3.05) is 20.1 Å². The fraction of sp³-hybridized carbons (Fsp3) is 0.286. The van der Waals surface area contributed by atoms with E-state index in [-0.39, 0.29) is 11.9 Å². The molecule has 5 nitrogen and oxygen atoms in total. The third-order valence-corrected chi connectivity index (χ3v) is 6.27. The number of carbonyl (C=O) groups excluding carboxylic acids is 1. The molecular weight excluding hydrogens is 356 g/mol. The molecule has 1 amide bonds. The summed E-state index contributed by atoms with van der Waals surface area (Å²) >= 11 is 1.71. The second-order valence-corrected chi connectivity index (χ2v) is 8.01. The summed E-state index contributed by atoms with van der Waals surface area (Å²) in [5.74, 6) is 0.0615. The molecule has 2 aromatic carbocycles. The van der Waals surface area contributed by atoms with Gasteiger partial charge in [-0.3, -0.25) is 4.79 Å². The van der Waals surface area contributed by atoms with Crippen molar-refractivity contribution in [3.05, 3.63) is 65.2 Å². The van der Waals surface area contributed by atoms with E-state index in [0.717, 1.165) is 33.1 Å². The maximum absolute atomic E-state index is 12.7. The van der Waals surface area contributed by atoms with Crippen LogP contribution < -0.4 is 4.90 Å². The van der Waals surface area contributed by atoms with Gasteiger partial charge in [0, 0.05) is 6.42 Å². The summed E-state index contributed by atoms with van der Waals surface area (Å²) in [6, 6.07) is 18.4. The van der Waals surface area contributed by atoms with Gasteiger partial charge >= 0.3 is 0 Å². The largest absolute Gasteiger partial charge is 0.322 e. The van der Waals surface area contributed by atoms with Crippen LogP contribution in [-0.4, -0.2) is 41.7 Å². The van der Waals surface area contributed by atoms with E-state index in [1.165, 1.54) is 4.70 Å². The van der Waals surface area contributed by atoms with Gasteiger partial charge in [0.15, 0.2) is 11.6 Å². The van der Waals surface area contributed by atoms with E-state index in [9.17, 15) is 4.79 Å². The molecule has 0 spiro atoms. The average molecular weight is 380 g/mol. The first-order chi connectivity index (χ1) is 13.1. The standard InChI is InChI=1S/C21H22N4OS/c1-15(21-22-18-10-6-7-11-19(18)27-21)24(2)14-20(26)25-13-12-17(23-25)16-8-4-3-5-9-16/h3-11,15H,12-14H2,1-2H3/p+1/t15-/m0/s1. The Morgan fingerprint density at radius 3 is 2.70 bits per heavy atom. The zero-order chi connectivity index (χ0) is 18.8. The molecule has 3 aromatic rings. The Morgan fingerprint density at radius 1 is 1.19 bits per heavy atom. The van der Waals surface area contributed by atoms with Crippen molar-refractivity contribution < 1.29 is 9.69 Å². The molecule has 1 aliphatic heterocycles. The fourth-order valence-corrected chi connectivity index (χ4v) is 4.35. The lowest BCUT2D eigenvalue weighted by Gasteiger charge is -2.21. The van der Waals surface area contributed by atoms with Crippen LogP contribution in [0.15, 0.2) is 59.7 Å². The summed E-state index contributed by atoms with van der Waals surface area (Å²) in [4.78, 5) is 18.6. The second-order valence-electron chi connectivity index (χ2n) is 6.94. The Bertz CT molecular complexity index is 949. The van der Waals surface area contributed by atoms with Crippen LogP contribution in [0.5, 0.6) is 0 Å². The van der Waals surface area contributed by atoms with Crippen molar-refractivity contribution in [1.29, 1.82) is 0 Å². The van der Waals surface area contributed by atoms with Crippen LogP contribution in [0.3, 0.4) is 0 Å². The van der Waals surface area contributed by atoms with Crippen LogP contribution in [0.2, 0.25) is 0 Å². The molecule has 27 heavy (non-hydrogen) atoms. The van der Waals surface area contributed by atoms with Crippen LogP contribution in [0.1, 0.15) is 30.0 Å². The monoisotopic (exact) mass is 379 g/mol. The second kappa shape index (κ2) is 7.58. The van der Waals surface area contributed by atoms with Crippen molar-refractivity contribution in [1.82, 2.24) is 9.99 Å². The number of hydrogen-bond donors (Lipinski definition) is 1. The molecule has 1 N–H and O–H groups in total. The number of nitrogens with one attached hydrogen (secondary N) is 1. The lowest BCUT2D eigenvalue weighted by atomic mass is 10.1. The topological polar surface area (TPSA) is 50.0 Å². The summed E-state index contributed by atoms with van der Waals surface area (Å²) in [6.45, 7) is 3.19. The molecule has 1 unspecified atom stereocenters. The number of benzene rings is 2. The first-order valence-electron chi connectivity index (χ1n) is 9.23. The molecule has 4 rings (SSSR count). The number of likely N-dealkylation sites (N-methyl/N-ethyl adjacent to an activating group) is 1. The Kier molecular flexibility index (Phi) is 5.01. The molecule has 0 aliphatic carbocycles. The third-order valence-electron chi connectivity index (χ3n) is 5.05. The van der Waals surface area contributed by atoms with Gasteiger partial charge in [0.25, 0.3) is 5.91 Å². The molecule has 1 aromatic heterocycles. The molecule has 2 atom stereocenters. The number of quaternary nitrogens is 1. The molecule has 0 radical (unpaired) electrons. The molecule has 138 valence electrons. The minimum absolute atomic E-state index is 0.0615. The minimum atomic E-state index is 0.0615. The summed E-state index contributed by atoms with van der Waals surface area (Å²) < 4.78 is 1.19.